The minimum atomic E-state index is -0.931. The van der Waals surface area contributed by atoms with E-state index in [2.05, 4.69) is 0 Å². The molecule has 1 rings (SSSR count). The lowest BCUT2D eigenvalue weighted by Crippen LogP contribution is -1.85. The molecule has 13 heavy (non-hydrogen) atoms. The van der Waals surface area contributed by atoms with Crippen molar-refractivity contribution in [1.82, 2.24) is 0 Å². The summed E-state index contributed by atoms with van der Waals surface area (Å²) in [5.74, 6) is -0.931. The lowest BCUT2D eigenvalue weighted by atomic mass is 10.3. The molecule has 0 aromatic carbocycles. The summed E-state index contributed by atoms with van der Waals surface area (Å²) in [6.07, 6.45) is 2.69. The van der Waals surface area contributed by atoms with Crippen LogP contribution in [0.4, 0.5) is 0 Å². The van der Waals surface area contributed by atoms with Crippen molar-refractivity contribution in [2.75, 3.05) is 7.11 Å². The van der Waals surface area contributed by atoms with Crippen molar-refractivity contribution in [2.24, 2.45) is 0 Å². The Morgan fingerprint density at radius 3 is 3.15 bits per heavy atom. The highest BCUT2D eigenvalue weighted by Crippen LogP contribution is 2.16. The highest BCUT2D eigenvalue weighted by atomic mass is 32.1. The zero-order valence-electron chi connectivity index (χ0n) is 7.19. The Kier molecular flexibility index (Phi) is 3.67. The van der Waals surface area contributed by atoms with E-state index in [1.54, 1.807) is 24.5 Å². The quantitative estimate of drug-likeness (QED) is 0.752. The maximum atomic E-state index is 10.2. The summed E-state index contributed by atoms with van der Waals surface area (Å²) in [6, 6.07) is 1.91. The molecule has 0 amide bonds. The molecular weight excluding hydrogens is 188 g/mol. The van der Waals surface area contributed by atoms with Gasteiger partial charge in [-0.1, -0.05) is 0 Å². The standard InChI is InChI=1S/C9H10O3S/c1-12-5-8-4-7(6-13-8)2-3-9(10)11/h2-4,6H,5H2,1H3,(H,10,11). The summed E-state index contributed by atoms with van der Waals surface area (Å²) in [6.45, 7) is 0.575. The Morgan fingerprint density at radius 2 is 2.54 bits per heavy atom. The molecule has 4 heteroatoms. The third kappa shape index (κ3) is 3.40. The number of rotatable bonds is 4. The van der Waals surface area contributed by atoms with Gasteiger partial charge in [0.2, 0.25) is 0 Å². The van der Waals surface area contributed by atoms with Gasteiger partial charge < -0.3 is 9.84 Å². The summed E-state index contributed by atoms with van der Waals surface area (Å²) in [4.78, 5) is 11.3. The smallest absolute Gasteiger partial charge is 0.328 e. The molecule has 3 nitrogen and oxygen atoms in total. The van der Waals surface area contributed by atoms with Crippen LogP contribution in [0, 0.1) is 0 Å². The largest absolute Gasteiger partial charge is 0.478 e. The Labute approximate surface area is 80.3 Å². The fourth-order valence-corrected chi connectivity index (χ4v) is 1.69. The lowest BCUT2D eigenvalue weighted by molar-refractivity contribution is -0.131. The second kappa shape index (κ2) is 4.79. The van der Waals surface area contributed by atoms with Gasteiger partial charge in [-0.05, 0) is 23.1 Å². The van der Waals surface area contributed by atoms with Crippen LogP contribution in [0.5, 0.6) is 0 Å². The van der Waals surface area contributed by atoms with E-state index in [0.29, 0.717) is 6.61 Å². The molecule has 0 radical (unpaired) electrons. The molecule has 1 heterocycles. The van der Waals surface area contributed by atoms with Gasteiger partial charge >= 0.3 is 5.97 Å². The maximum Gasteiger partial charge on any atom is 0.328 e. The van der Waals surface area contributed by atoms with Gasteiger partial charge in [-0.15, -0.1) is 11.3 Å². The third-order valence-corrected chi connectivity index (χ3v) is 2.31. The number of ether oxygens (including phenoxy) is 1. The van der Waals surface area contributed by atoms with Crippen molar-refractivity contribution in [2.45, 2.75) is 6.61 Å². The van der Waals surface area contributed by atoms with Crippen LogP contribution in [0.2, 0.25) is 0 Å². The number of carboxylic acids is 1. The first-order valence-corrected chi connectivity index (χ1v) is 4.57. The maximum absolute atomic E-state index is 10.2. The molecule has 1 N–H and O–H groups in total. The zero-order chi connectivity index (χ0) is 9.68. The molecule has 70 valence electrons. The third-order valence-electron chi connectivity index (χ3n) is 1.38. The van der Waals surface area contributed by atoms with Crippen molar-refractivity contribution >= 4 is 23.4 Å². The van der Waals surface area contributed by atoms with Crippen LogP contribution in [0.3, 0.4) is 0 Å². The van der Waals surface area contributed by atoms with Crippen molar-refractivity contribution in [1.29, 1.82) is 0 Å². The van der Waals surface area contributed by atoms with E-state index in [9.17, 15) is 4.79 Å². The first kappa shape index (κ1) is 9.95. The average molecular weight is 198 g/mol. The van der Waals surface area contributed by atoms with Crippen LogP contribution < -0.4 is 0 Å². The Hall–Kier alpha value is -1.13. The van der Waals surface area contributed by atoms with Crippen LogP contribution in [-0.2, 0) is 16.1 Å². The molecular formula is C9H10O3S. The van der Waals surface area contributed by atoms with Crippen molar-refractivity contribution < 1.29 is 14.6 Å². The molecule has 0 aliphatic heterocycles. The van der Waals surface area contributed by atoms with Crippen LogP contribution in [0.25, 0.3) is 6.08 Å². The van der Waals surface area contributed by atoms with Gasteiger partial charge in [0.15, 0.2) is 0 Å². The van der Waals surface area contributed by atoms with Gasteiger partial charge in [-0.2, -0.15) is 0 Å². The zero-order valence-corrected chi connectivity index (χ0v) is 8.00. The highest BCUT2D eigenvalue weighted by Gasteiger charge is 1.96. The number of methoxy groups -OCH3 is 1. The van der Waals surface area contributed by atoms with E-state index < -0.39 is 5.97 Å². The van der Waals surface area contributed by atoms with E-state index in [4.69, 9.17) is 9.84 Å². The fraction of sp³-hybridized carbons (Fsp3) is 0.222. The molecule has 0 saturated heterocycles. The van der Waals surface area contributed by atoms with Crippen LogP contribution in [-0.4, -0.2) is 18.2 Å². The number of hydrogen-bond donors (Lipinski definition) is 1. The Morgan fingerprint density at radius 1 is 1.77 bits per heavy atom. The van der Waals surface area contributed by atoms with Crippen LogP contribution >= 0.6 is 11.3 Å². The number of thiophene rings is 1. The minimum Gasteiger partial charge on any atom is -0.478 e. The Bertz CT molecular complexity index is 314. The summed E-state index contributed by atoms with van der Waals surface area (Å²) < 4.78 is 4.94. The van der Waals surface area contributed by atoms with Crippen molar-refractivity contribution in [3.63, 3.8) is 0 Å². The van der Waals surface area contributed by atoms with Gasteiger partial charge in [0.25, 0.3) is 0 Å². The molecule has 1 aromatic rings. The molecule has 0 fully saturated rings. The topological polar surface area (TPSA) is 46.5 Å². The van der Waals surface area contributed by atoms with Gasteiger partial charge in [-0.3, -0.25) is 0 Å². The second-order valence-electron chi connectivity index (χ2n) is 2.45. The second-order valence-corrected chi connectivity index (χ2v) is 3.45. The van der Waals surface area contributed by atoms with E-state index in [-0.39, 0.29) is 0 Å². The summed E-state index contributed by atoms with van der Waals surface area (Å²) in [5, 5.41) is 10.3. The average Bonchev–Trinajstić information content (AvgIpc) is 2.50. The van der Waals surface area contributed by atoms with Crippen molar-refractivity contribution in [3.8, 4) is 0 Å². The predicted octanol–water partition coefficient (Wildman–Crippen LogP) is 1.99. The molecule has 0 spiro atoms. The van der Waals surface area contributed by atoms with Crippen molar-refractivity contribution in [3.05, 3.63) is 28.0 Å². The monoisotopic (exact) mass is 198 g/mol. The van der Waals surface area contributed by atoms with Gasteiger partial charge in [-0.25, -0.2) is 4.79 Å². The summed E-state index contributed by atoms with van der Waals surface area (Å²) in [7, 11) is 1.63. The molecule has 0 aliphatic carbocycles. The highest BCUT2D eigenvalue weighted by molar-refractivity contribution is 7.10. The first-order chi connectivity index (χ1) is 6.22. The normalized spacial score (nSPS) is 10.8. The van der Waals surface area contributed by atoms with Gasteiger partial charge in [0.1, 0.15) is 0 Å². The number of hydrogen-bond acceptors (Lipinski definition) is 3. The molecule has 0 unspecified atom stereocenters. The summed E-state index contributed by atoms with van der Waals surface area (Å²) in [5.41, 5.74) is 0.902. The molecule has 0 aliphatic rings. The fourth-order valence-electron chi connectivity index (χ4n) is 0.871. The van der Waals surface area contributed by atoms with E-state index in [1.807, 2.05) is 11.4 Å². The lowest BCUT2D eigenvalue weighted by Gasteiger charge is -1.89. The predicted molar refractivity (Wildman–Crippen MR) is 51.7 cm³/mol. The molecule has 1 aromatic heterocycles. The van der Waals surface area contributed by atoms with E-state index in [0.717, 1.165) is 16.5 Å². The Balaban J connectivity index is 2.63. The van der Waals surface area contributed by atoms with Gasteiger partial charge in [0.05, 0.1) is 6.61 Å². The molecule has 0 saturated carbocycles. The van der Waals surface area contributed by atoms with Gasteiger partial charge in [0, 0.05) is 18.1 Å². The number of carboxylic acid groups (broad SMARTS) is 1. The number of aliphatic carboxylic acids is 1. The minimum absolute atomic E-state index is 0.575. The van der Waals surface area contributed by atoms with Crippen LogP contribution in [0.1, 0.15) is 10.4 Å². The molecule has 0 bridgehead atoms. The summed E-state index contributed by atoms with van der Waals surface area (Å²) >= 11 is 1.56. The molecule has 0 atom stereocenters. The van der Waals surface area contributed by atoms with Crippen LogP contribution in [0.15, 0.2) is 17.5 Å². The SMILES string of the molecule is COCc1cc(C=CC(=O)O)cs1. The van der Waals surface area contributed by atoms with E-state index >= 15 is 0 Å². The first-order valence-electron chi connectivity index (χ1n) is 3.69. The number of carbonyl (C=O) groups is 1. The van der Waals surface area contributed by atoms with E-state index in [1.165, 1.54) is 0 Å².